The molecule has 0 bridgehead atoms. The number of esters is 1. The Hall–Kier alpha value is -1.42. The van der Waals surface area contributed by atoms with Crippen molar-refractivity contribution in [3.63, 3.8) is 0 Å². The van der Waals surface area contributed by atoms with E-state index in [0.717, 1.165) is 6.42 Å². The molecule has 0 aromatic rings. The molecule has 4 heteroatoms. The minimum Gasteiger partial charge on any atom is -0.463 e. The summed E-state index contributed by atoms with van der Waals surface area (Å²) in [5.41, 5.74) is 1.76. The van der Waals surface area contributed by atoms with Crippen LogP contribution in [0.1, 0.15) is 66.2 Å². The predicted molar refractivity (Wildman–Crippen MR) is 115 cm³/mol. The molecule has 0 aromatic carbocycles. The summed E-state index contributed by atoms with van der Waals surface area (Å²) in [6.07, 6.45) is 12.8. The molecule has 164 valence electrons. The predicted octanol–water partition coefficient (Wildman–Crippen LogP) is 4.88. The van der Waals surface area contributed by atoms with E-state index in [-0.39, 0.29) is 17.5 Å². The van der Waals surface area contributed by atoms with Crippen LogP contribution < -0.4 is 0 Å². The van der Waals surface area contributed by atoms with E-state index < -0.39 is 0 Å². The first kappa shape index (κ1) is 20.5. The van der Waals surface area contributed by atoms with Crippen LogP contribution in [-0.2, 0) is 19.1 Å². The molecule has 9 atom stereocenters. The second-order valence-electron chi connectivity index (χ2n) is 11.0. The SMILES string of the molecule is CCOC(=O)/C=C/[C@@H](C)[C@H]1CC[C@H]2[C@@H]3[C@H]4O[C@H]4C4=CC(=O)CC[C@]4(C)[C@H]3CC[C@]12C. The lowest BCUT2D eigenvalue weighted by atomic mass is 9.46. The van der Waals surface area contributed by atoms with Crippen molar-refractivity contribution in [2.75, 3.05) is 6.61 Å². The van der Waals surface area contributed by atoms with Crippen LogP contribution >= 0.6 is 0 Å². The molecule has 3 saturated carbocycles. The Morgan fingerprint density at radius 1 is 1.27 bits per heavy atom. The van der Waals surface area contributed by atoms with Gasteiger partial charge in [0.05, 0.1) is 12.7 Å². The summed E-state index contributed by atoms with van der Waals surface area (Å²) in [6.45, 7) is 9.47. The van der Waals surface area contributed by atoms with Crippen molar-refractivity contribution in [1.29, 1.82) is 0 Å². The van der Waals surface area contributed by atoms with Crippen molar-refractivity contribution in [3.05, 3.63) is 23.8 Å². The lowest BCUT2D eigenvalue weighted by Gasteiger charge is -2.57. The molecule has 1 aliphatic heterocycles. The van der Waals surface area contributed by atoms with Crippen molar-refractivity contribution < 1.29 is 19.1 Å². The maximum Gasteiger partial charge on any atom is 0.330 e. The van der Waals surface area contributed by atoms with Crippen molar-refractivity contribution in [2.24, 2.45) is 40.4 Å². The monoisotopic (exact) mass is 412 g/mol. The third-order valence-electron chi connectivity index (χ3n) is 9.76. The second-order valence-corrected chi connectivity index (χ2v) is 11.0. The first-order valence-electron chi connectivity index (χ1n) is 12.0. The van der Waals surface area contributed by atoms with Crippen LogP contribution in [0.3, 0.4) is 0 Å². The quantitative estimate of drug-likeness (QED) is 0.375. The third kappa shape index (κ3) is 2.89. The summed E-state index contributed by atoms with van der Waals surface area (Å²) in [6, 6.07) is 0. The molecule has 4 fully saturated rings. The lowest BCUT2D eigenvalue weighted by molar-refractivity contribution is -0.137. The Bertz CT molecular complexity index is 812. The Morgan fingerprint density at radius 2 is 2.07 bits per heavy atom. The first-order valence-corrected chi connectivity index (χ1v) is 12.0. The van der Waals surface area contributed by atoms with Crippen LogP contribution in [0, 0.1) is 40.4 Å². The molecule has 0 radical (unpaired) electrons. The van der Waals surface area contributed by atoms with Gasteiger partial charge in [0.1, 0.15) is 6.10 Å². The highest BCUT2D eigenvalue weighted by Gasteiger charge is 2.69. The number of fused-ring (bicyclic) bond motifs is 8. The summed E-state index contributed by atoms with van der Waals surface area (Å²) in [4.78, 5) is 23.9. The maximum atomic E-state index is 12.1. The number of carbonyl (C=O) groups excluding carboxylic acids is 2. The highest BCUT2D eigenvalue weighted by Crippen LogP contribution is 2.70. The Kier molecular flexibility index (Phi) is 4.81. The smallest absolute Gasteiger partial charge is 0.330 e. The number of ketones is 1. The average Bonchev–Trinajstić information content (AvgIpc) is 3.42. The van der Waals surface area contributed by atoms with Gasteiger partial charge in [-0.05, 0) is 91.1 Å². The number of carbonyl (C=O) groups is 2. The summed E-state index contributed by atoms with van der Waals surface area (Å²) in [5, 5.41) is 0. The van der Waals surface area contributed by atoms with E-state index in [2.05, 4.69) is 26.8 Å². The minimum atomic E-state index is -0.228. The standard InChI is InChI=1S/C26H36O4/c1-5-29-21(28)9-6-15(2)17-7-8-18-22-19(11-13-25(17,18)3)26(4)12-10-16(27)14-20(26)23-24(22)30-23/h6,9,14-15,17-19,22-24H,5,7-8,10-13H2,1-4H3/b9-6+/t15-,17-,18+,19+,22+,23+,24-,25-,26-/m1/s1. The second kappa shape index (κ2) is 7.05. The molecule has 1 heterocycles. The number of epoxide rings is 1. The Balaban J connectivity index is 1.39. The van der Waals surface area contributed by atoms with Crippen LogP contribution in [0.5, 0.6) is 0 Å². The van der Waals surface area contributed by atoms with Crippen LogP contribution in [0.4, 0.5) is 0 Å². The van der Waals surface area contributed by atoms with E-state index in [1.165, 1.54) is 31.3 Å². The summed E-state index contributed by atoms with van der Waals surface area (Å²) < 4.78 is 11.4. The molecule has 0 unspecified atom stereocenters. The fraction of sp³-hybridized carbons (Fsp3) is 0.769. The van der Waals surface area contributed by atoms with Gasteiger partial charge in [0, 0.05) is 12.5 Å². The van der Waals surface area contributed by atoms with Gasteiger partial charge in [0.15, 0.2) is 5.78 Å². The van der Waals surface area contributed by atoms with Crippen LogP contribution in [0.15, 0.2) is 23.8 Å². The largest absolute Gasteiger partial charge is 0.463 e. The van der Waals surface area contributed by atoms with Gasteiger partial charge in [-0.15, -0.1) is 0 Å². The van der Waals surface area contributed by atoms with Crippen LogP contribution in [0.25, 0.3) is 0 Å². The maximum absolute atomic E-state index is 12.1. The van der Waals surface area contributed by atoms with Crippen LogP contribution in [-0.4, -0.2) is 30.6 Å². The number of hydrogen-bond acceptors (Lipinski definition) is 4. The molecule has 0 spiro atoms. The van der Waals surface area contributed by atoms with E-state index >= 15 is 0 Å². The normalized spacial score (nSPS) is 47.6. The number of allylic oxidation sites excluding steroid dienone is 1. The molecule has 0 N–H and O–H groups in total. The van der Waals surface area contributed by atoms with Crippen molar-refractivity contribution in [1.82, 2.24) is 0 Å². The third-order valence-corrected chi connectivity index (χ3v) is 9.76. The van der Waals surface area contributed by atoms with E-state index in [0.29, 0.717) is 59.9 Å². The van der Waals surface area contributed by atoms with Gasteiger partial charge < -0.3 is 9.47 Å². The van der Waals surface area contributed by atoms with Gasteiger partial charge in [-0.1, -0.05) is 26.8 Å². The van der Waals surface area contributed by atoms with E-state index in [1.54, 1.807) is 6.08 Å². The molecule has 0 aromatic heterocycles. The molecule has 4 nitrogen and oxygen atoms in total. The molecule has 1 saturated heterocycles. The molecule has 5 rings (SSSR count). The van der Waals surface area contributed by atoms with Crippen molar-refractivity contribution in [2.45, 2.75) is 78.4 Å². The number of rotatable bonds is 4. The Labute approximate surface area is 180 Å². The van der Waals surface area contributed by atoms with E-state index in [1.807, 2.05) is 13.0 Å². The summed E-state index contributed by atoms with van der Waals surface area (Å²) >= 11 is 0. The van der Waals surface area contributed by atoms with Gasteiger partial charge in [0.25, 0.3) is 0 Å². The van der Waals surface area contributed by atoms with Gasteiger partial charge in [-0.3, -0.25) is 4.79 Å². The zero-order valence-corrected chi connectivity index (χ0v) is 18.9. The number of ether oxygens (including phenoxy) is 2. The minimum absolute atomic E-state index is 0.144. The van der Waals surface area contributed by atoms with E-state index in [9.17, 15) is 9.59 Å². The Morgan fingerprint density at radius 3 is 2.83 bits per heavy atom. The molecule has 4 aliphatic carbocycles. The van der Waals surface area contributed by atoms with Gasteiger partial charge in [-0.25, -0.2) is 4.79 Å². The molecule has 0 amide bonds. The topological polar surface area (TPSA) is 55.9 Å². The first-order chi connectivity index (χ1) is 14.3. The molecular weight excluding hydrogens is 376 g/mol. The highest BCUT2D eigenvalue weighted by molar-refractivity contribution is 5.92. The highest BCUT2D eigenvalue weighted by atomic mass is 16.6. The fourth-order valence-electron chi connectivity index (χ4n) is 8.27. The lowest BCUT2D eigenvalue weighted by Crippen LogP contribution is -2.53. The molecular formula is C26H36O4. The molecule has 5 aliphatic rings. The van der Waals surface area contributed by atoms with Crippen molar-refractivity contribution in [3.8, 4) is 0 Å². The average molecular weight is 413 g/mol. The number of hydrogen-bond donors (Lipinski definition) is 0. The van der Waals surface area contributed by atoms with Crippen LogP contribution in [0.2, 0.25) is 0 Å². The summed E-state index contributed by atoms with van der Waals surface area (Å²) in [7, 11) is 0. The zero-order valence-electron chi connectivity index (χ0n) is 18.9. The van der Waals surface area contributed by atoms with Gasteiger partial charge in [-0.2, -0.15) is 0 Å². The summed E-state index contributed by atoms with van der Waals surface area (Å²) in [5.74, 6) is 2.99. The van der Waals surface area contributed by atoms with E-state index in [4.69, 9.17) is 9.47 Å². The zero-order chi connectivity index (χ0) is 21.3. The van der Waals surface area contributed by atoms with Gasteiger partial charge in [0.2, 0.25) is 0 Å². The van der Waals surface area contributed by atoms with Gasteiger partial charge >= 0.3 is 5.97 Å². The van der Waals surface area contributed by atoms with Crippen molar-refractivity contribution >= 4 is 11.8 Å². The fourth-order valence-corrected chi connectivity index (χ4v) is 8.27. The molecule has 30 heavy (non-hydrogen) atoms.